The van der Waals surface area contributed by atoms with Crippen LogP contribution in [0.4, 0.5) is 4.79 Å². The first kappa shape index (κ1) is 25.6. The molecule has 0 bridgehead atoms. The normalized spacial score (nSPS) is 23.9. The Balaban J connectivity index is 1.54. The van der Waals surface area contributed by atoms with E-state index in [0.29, 0.717) is 36.5 Å². The zero-order valence-electron chi connectivity index (χ0n) is 19.6. The van der Waals surface area contributed by atoms with Gasteiger partial charge in [0, 0.05) is 29.8 Å². The zero-order chi connectivity index (χ0) is 24.9. The molecule has 4 rings (SSSR count). The third-order valence-electron chi connectivity index (χ3n) is 6.34. The molecule has 35 heavy (non-hydrogen) atoms. The lowest BCUT2D eigenvalue weighted by molar-refractivity contribution is -0.200. The standard InChI is InChI=1S/C24H30N2O7S2/c1-25-23(28)32-18-9-7-17(8-10-18)19-11-12-20(34-19)24(13-3-5-15-35(24,29)30)16-21(27)26-33-22-6-2-4-14-31-22/h7-12,22H,2-6,13-16H2,1H3,(H,25,28)(H,26,27)/t22?,24-/m0/s1. The topological polar surface area (TPSA) is 120 Å². The Kier molecular flexibility index (Phi) is 8.10. The van der Waals surface area contributed by atoms with Crippen LogP contribution in [-0.2, 0) is 29.0 Å². The van der Waals surface area contributed by atoms with Gasteiger partial charge in [-0.25, -0.2) is 23.5 Å². The van der Waals surface area contributed by atoms with Gasteiger partial charge in [-0.15, -0.1) is 11.3 Å². The largest absolute Gasteiger partial charge is 0.412 e. The van der Waals surface area contributed by atoms with Crippen LogP contribution in [0.2, 0.25) is 0 Å². The van der Waals surface area contributed by atoms with E-state index in [-0.39, 0.29) is 12.2 Å². The molecule has 2 N–H and O–H groups in total. The first-order chi connectivity index (χ1) is 16.8. The summed E-state index contributed by atoms with van der Waals surface area (Å²) in [4.78, 5) is 31.2. The highest BCUT2D eigenvalue weighted by atomic mass is 32.2. The molecule has 3 heterocycles. The second kappa shape index (κ2) is 11.1. The number of hydrogen-bond acceptors (Lipinski definition) is 8. The van der Waals surface area contributed by atoms with Crippen molar-refractivity contribution < 1.29 is 32.3 Å². The first-order valence-electron chi connectivity index (χ1n) is 11.7. The van der Waals surface area contributed by atoms with Crippen molar-refractivity contribution in [1.29, 1.82) is 0 Å². The number of ether oxygens (including phenoxy) is 2. The number of amides is 2. The number of rotatable bonds is 7. The van der Waals surface area contributed by atoms with Crippen LogP contribution in [0.15, 0.2) is 36.4 Å². The molecule has 0 spiro atoms. The van der Waals surface area contributed by atoms with Crippen molar-refractivity contribution in [2.45, 2.75) is 56.0 Å². The smallest absolute Gasteiger partial charge is 0.410 e. The molecule has 0 saturated carbocycles. The second-order valence-corrected chi connectivity index (χ2v) is 12.2. The number of thiophene rings is 1. The summed E-state index contributed by atoms with van der Waals surface area (Å²) in [6.45, 7) is 0.579. The van der Waals surface area contributed by atoms with Gasteiger partial charge in [0.25, 0.3) is 0 Å². The molecule has 0 aliphatic carbocycles. The number of sulfone groups is 1. The lowest BCUT2D eigenvalue weighted by Gasteiger charge is -2.35. The Labute approximate surface area is 209 Å². The molecule has 2 saturated heterocycles. The van der Waals surface area contributed by atoms with E-state index in [4.69, 9.17) is 14.3 Å². The van der Waals surface area contributed by atoms with Crippen molar-refractivity contribution in [3.8, 4) is 16.2 Å². The van der Waals surface area contributed by atoms with E-state index in [0.717, 1.165) is 29.7 Å². The van der Waals surface area contributed by atoms with Crippen molar-refractivity contribution in [2.24, 2.45) is 0 Å². The Morgan fingerprint density at radius 2 is 1.91 bits per heavy atom. The van der Waals surface area contributed by atoms with E-state index in [1.165, 1.54) is 18.4 Å². The van der Waals surface area contributed by atoms with Crippen LogP contribution in [0.1, 0.15) is 49.8 Å². The van der Waals surface area contributed by atoms with Gasteiger partial charge in [0.05, 0.1) is 12.2 Å². The maximum absolute atomic E-state index is 13.4. The van der Waals surface area contributed by atoms with Crippen LogP contribution in [0.25, 0.3) is 10.4 Å². The summed E-state index contributed by atoms with van der Waals surface area (Å²) in [6.07, 6.45) is 3.01. The number of carbonyl (C=O) groups excluding carboxylic acids is 2. The van der Waals surface area contributed by atoms with Gasteiger partial charge < -0.3 is 14.8 Å². The summed E-state index contributed by atoms with van der Waals surface area (Å²) in [6, 6.07) is 10.6. The third kappa shape index (κ3) is 5.85. The highest BCUT2D eigenvalue weighted by molar-refractivity contribution is 7.92. The summed E-state index contributed by atoms with van der Waals surface area (Å²) in [5.74, 6) is -0.0313. The lowest BCUT2D eigenvalue weighted by Crippen LogP contribution is -2.45. The Morgan fingerprint density at radius 3 is 2.60 bits per heavy atom. The minimum absolute atomic E-state index is 0.0473. The van der Waals surface area contributed by atoms with Gasteiger partial charge in [0.2, 0.25) is 5.91 Å². The fraction of sp³-hybridized carbons (Fsp3) is 0.500. The summed E-state index contributed by atoms with van der Waals surface area (Å²) in [5.41, 5.74) is 3.28. The van der Waals surface area contributed by atoms with Crippen LogP contribution in [0.3, 0.4) is 0 Å². The summed E-state index contributed by atoms with van der Waals surface area (Å²) in [7, 11) is -2.09. The SMILES string of the molecule is CNC(=O)Oc1ccc(-c2ccc([C@@]3(CC(=O)NOC4CCCCO4)CCCCS3(=O)=O)s2)cc1. The van der Waals surface area contributed by atoms with E-state index < -0.39 is 32.9 Å². The van der Waals surface area contributed by atoms with E-state index in [1.54, 1.807) is 30.3 Å². The maximum Gasteiger partial charge on any atom is 0.412 e. The Morgan fingerprint density at radius 1 is 1.11 bits per heavy atom. The van der Waals surface area contributed by atoms with Crippen molar-refractivity contribution in [1.82, 2.24) is 10.8 Å². The van der Waals surface area contributed by atoms with Crippen molar-refractivity contribution >= 4 is 33.2 Å². The van der Waals surface area contributed by atoms with Gasteiger partial charge >= 0.3 is 6.09 Å². The molecule has 1 unspecified atom stereocenters. The van der Waals surface area contributed by atoms with Crippen LogP contribution in [0, 0.1) is 0 Å². The number of nitrogens with one attached hydrogen (secondary N) is 2. The Hall–Kier alpha value is -2.47. The fourth-order valence-corrected chi connectivity index (χ4v) is 8.21. The van der Waals surface area contributed by atoms with Crippen LogP contribution in [-0.4, -0.2) is 46.1 Å². The molecule has 0 radical (unpaired) electrons. The highest BCUT2D eigenvalue weighted by Gasteiger charge is 2.49. The van der Waals surface area contributed by atoms with Crippen molar-refractivity contribution in [3.05, 3.63) is 41.3 Å². The highest BCUT2D eigenvalue weighted by Crippen LogP contribution is 2.47. The van der Waals surface area contributed by atoms with Gasteiger partial charge in [0.1, 0.15) is 10.5 Å². The van der Waals surface area contributed by atoms with Gasteiger partial charge in [-0.3, -0.25) is 4.79 Å². The molecule has 2 amide bonds. The number of carbonyl (C=O) groups is 2. The first-order valence-corrected chi connectivity index (χ1v) is 14.2. The molecule has 1 aromatic heterocycles. The predicted octanol–water partition coefficient (Wildman–Crippen LogP) is 3.89. The minimum atomic E-state index is -3.57. The molecule has 2 atom stereocenters. The monoisotopic (exact) mass is 522 g/mol. The van der Waals surface area contributed by atoms with E-state index in [1.807, 2.05) is 6.07 Å². The number of benzene rings is 1. The van der Waals surface area contributed by atoms with E-state index >= 15 is 0 Å². The zero-order valence-corrected chi connectivity index (χ0v) is 21.2. The van der Waals surface area contributed by atoms with Crippen LogP contribution < -0.4 is 15.5 Å². The average molecular weight is 523 g/mol. The second-order valence-electron chi connectivity index (χ2n) is 8.71. The molecule has 2 fully saturated rings. The predicted molar refractivity (Wildman–Crippen MR) is 132 cm³/mol. The van der Waals surface area contributed by atoms with Crippen LogP contribution >= 0.6 is 11.3 Å². The molecule has 2 aromatic rings. The Bertz CT molecular complexity index is 1140. The van der Waals surface area contributed by atoms with Gasteiger partial charge in [0.15, 0.2) is 16.1 Å². The molecule has 9 nitrogen and oxygen atoms in total. The summed E-state index contributed by atoms with van der Waals surface area (Å²) < 4.78 is 36.0. The number of hydroxylamine groups is 1. The van der Waals surface area contributed by atoms with Crippen molar-refractivity contribution in [2.75, 3.05) is 19.4 Å². The fourth-order valence-electron chi connectivity index (χ4n) is 4.43. The van der Waals surface area contributed by atoms with E-state index in [9.17, 15) is 18.0 Å². The quantitative estimate of drug-likeness (QED) is 0.529. The van der Waals surface area contributed by atoms with E-state index in [2.05, 4.69) is 10.8 Å². The van der Waals surface area contributed by atoms with Crippen LogP contribution in [0.5, 0.6) is 5.75 Å². The molecule has 2 aliphatic heterocycles. The number of hydrogen-bond donors (Lipinski definition) is 2. The molecule has 1 aromatic carbocycles. The summed E-state index contributed by atoms with van der Waals surface area (Å²) >= 11 is 1.36. The van der Waals surface area contributed by atoms with Gasteiger partial charge in [-0.05, 0) is 67.6 Å². The molecular weight excluding hydrogens is 492 g/mol. The van der Waals surface area contributed by atoms with Gasteiger partial charge in [-0.1, -0.05) is 6.42 Å². The van der Waals surface area contributed by atoms with Crippen molar-refractivity contribution in [3.63, 3.8) is 0 Å². The average Bonchev–Trinajstić information content (AvgIpc) is 3.36. The molecule has 11 heteroatoms. The minimum Gasteiger partial charge on any atom is -0.410 e. The molecule has 2 aliphatic rings. The maximum atomic E-state index is 13.4. The summed E-state index contributed by atoms with van der Waals surface area (Å²) in [5, 5.41) is 2.39. The third-order valence-corrected chi connectivity index (χ3v) is 10.4. The lowest BCUT2D eigenvalue weighted by atomic mass is 9.94. The molecular formula is C24H30N2O7S2. The molecule has 190 valence electrons. The van der Waals surface area contributed by atoms with Gasteiger partial charge in [-0.2, -0.15) is 0 Å².